The summed E-state index contributed by atoms with van der Waals surface area (Å²) in [6.45, 7) is 5.72. The van der Waals surface area contributed by atoms with Crippen LogP contribution in [0.5, 0.6) is 0 Å². The number of carbonyl (C=O) groups is 1. The third kappa shape index (κ3) is 3.99. The number of hydrogen-bond acceptors (Lipinski definition) is 4. The molecule has 0 aliphatic heterocycles. The molecule has 3 aromatic rings. The van der Waals surface area contributed by atoms with Crippen LogP contribution >= 0.6 is 0 Å². The number of carbonyl (C=O) groups excluding carboxylic acids is 1. The molecular formula is C17H17F3N6O. The number of nitrogens with one attached hydrogen (secondary N) is 2. The Morgan fingerprint density at radius 1 is 1.26 bits per heavy atom. The Morgan fingerprint density at radius 3 is 2.67 bits per heavy atom. The number of aryl methyl sites for hydroxylation is 1. The number of urea groups is 1. The van der Waals surface area contributed by atoms with Gasteiger partial charge < -0.3 is 10.6 Å². The first-order valence-electron chi connectivity index (χ1n) is 8.11. The van der Waals surface area contributed by atoms with Crippen molar-refractivity contribution in [2.24, 2.45) is 0 Å². The highest BCUT2D eigenvalue weighted by Crippen LogP contribution is 2.30. The van der Waals surface area contributed by atoms with E-state index in [2.05, 4.69) is 25.7 Å². The van der Waals surface area contributed by atoms with E-state index in [-0.39, 0.29) is 11.6 Å². The highest BCUT2D eigenvalue weighted by molar-refractivity contribution is 6.00. The smallest absolute Gasteiger partial charge is 0.308 e. The normalized spacial score (nSPS) is 11.8. The molecule has 0 fully saturated rings. The molecule has 0 saturated carbocycles. The van der Waals surface area contributed by atoms with Crippen molar-refractivity contribution in [3.05, 3.63) is 47.7 Å². The minimum absolute atomic E-state index is 0.0217. The fourth-order valence-corrected chi connectivity index (χ4v) is 2.68. The molecule has 142 valence electrons. The van der Waals surface area contributed by atoms with Crippen molar-refractivity contribution in [1.82, 2.24) is 19.6 Å². The predicted molar refractivity (Wildman–Crippen MR) is 93.7 cm³/mol. The van der Waals surface area contributed by atoms with E-state index in [1.807, 2.05) is 20.8 Å². The second-order valence-electron chi connectivity index (χ2n) is 6.28. The molecule has 0 radical (unpaired) electrons. The fourth-order valence-electron chi connectivity index (χ4n) is 2.68. The molecule has 7 nitrogen and oxygen atoms in total. The van der Waals surface area contributed by atoms with Gasteiger partial charge in [-0.1, -0.05) is 13.8 Å². The molecule has 0 aromatic carbocycles. The van der Waals surface area contributed by atoms with Crippen molar-refractivity contribution in [2.75, 3.05) is 10.6 Å². The van der Waals surface area contributed by atoms with Gasteiger partial charge in [-0.3, -0.25) is 4.98 Å². The maximum Gasteiger partial charge on any atom is 0.433 e. The van der Waals surface area contributed by atoms with Crippen molar-refractivity contribution in [3.63, 3.8) is 0 Å². The molecule has 0 unspecified atom stereocenters. The summed E-state index contributed by atoms with van der Waals surface area (Å²) in [7, 11) is 0. The SMILES string of the molecule is Cc1cn2ncc(NC(=O)Nc3ccnc(C(F)(F)F)c3)c(C(C)C)c2n1. The van der Waals surface area contributed by atoms with Crippen molar-refractivity contribution in [2.45, 2.75) is 32.9 Å². The summed E-state index contributed by atoms with van der Waals surface area (Å²) >= 11 is 0. The van der Waals surface area contributed by atoms with Gasteiger partial charge in [0.05, 0.1) is 23.8 Å². The number of alkyl halides is 3. The number of nitrogens with zero attached hydrogens (tertiary/aromatic N) is 4. The Bertz CT molecular complexity index is 996. The highest BCUT2D eigenvalue weighted by Gasteiger charge is 2.32. The summed E-state index contributed by atoms with van der Waals surface area (Å²) in [6, 6.07) is 1.35. The van der Waals surface area contributed by atoms with E-state index in [0.717, 1.165) is 23.5 Å². The first kappa shape index (κ1) is 18.6. The number of amides is 2. The van der Waals surface area contributed by atoms with Crippen LogP contribution in [0.25, 0.3) is 5.65 Å². The van der Waals surface area contributed by atoms with Crippen LogP contribution in [0.2, 0.25) is 0 Å². The van der Waals surface area contributed by atoms with Gasteiger partial charge in [0.2, 0.25) is 0 Å². The van der Waals surface area contributed by atoms with Crippen LogP contribution in [-0.2, 0) is 6.18 Å². The van der Waals surface area contributed by atoms with Gasteiger partial charge in [0.1, 0.15) is 5.69 Å². The number of rotatable bonds is 3. The standard InChI is InChI=1S/C17H17F3N6O/c1-9(2)14-12(7-22-26-8-10(3)23-15(14)26)25-16(27)24-11-4-5-21-13(6-11)17(18,19)20/h4-9H,1-3H3,(H2,21,24,25,27). The topological polar surface area (TPSA) is 84.2 Å². The second-order valence-corrected chi connectivity index (χ2v) is 6.28. The lowest BCUT2D eigenvalue weighted by Crippen LogP contribution is -2.21. The first-order chi connectivity index (χ1) is 12.6. The summed E-state index contributed by atoms with van der Waals surface area (Å²) in [6.07, 6.45) is -0.358. The summed E-state index contributed by atoms with van der Waals surface area (Å²) in [5, 5.41) is 9.21. The van der Waals surface area contributed by atoms with Gasteiger partial charge in [0, 0.05) is 17.4 Å². The van der Waals surface area contributed by atoms with Gasteiger partial charge in [-0.25, -0.2) is 14.3 Å². The molecule has 3 heterocycles. The number of imidazole rings is 1. The monoisotopic (exact) mass is 378 g/mol. The van der Waals surface area contributed by atoms with E-state index in [1.54, 1.807) is 10.7 Å². The second kappa shape index (κ2) is 6.86. The summed E-state index contributed by atoms with van der Waals surface area (Å²) in [4.78, 5) is 20.0. The largest absolute Gasteiger partial charge is 0.433 e. The van der Waals surface area contributed by atoms with Gasteiger partial charge in [-0.15, -0.1) is 0 Å². The van der Waals surface area contributed by atoms with E-state index >= 15 is 0 Å². The number of halogens is 3. The lowest BCUT2D eigenvalue weighted by atomic mass is 10.0. The highest BCUT2D eigenvalue weighted by atomic mass is 19.4. The molecule has 2 N–H and O–H groups in total. The van der Waals surface area contributed by atoms with Crippen LogP contribution in [0.4, 0.5) is 29.3 Å². The molecule has 0 bridgehead atoms. The quantitative estimate of drug-likeness (QED) is 0.715. The lowest BCUT2D eigenvalue weighted by Gasteiger charge is -2.15. The van der Waals surface area contributed by atoms with Crippen molar-refractivity contribution in [3.8, 4) is 0 Å². The molecule has 0 spiro atoms. The van der Waals surface area contributed by atoms with Crippen molar-refractivity contribution >= 4 is 23.1 Å². The number of fused-ring (bicyclic) bond motifs is 1. The maximum atomic E-state index is 12.7. The zero-order valence-corrected chi connectivity index (χ0v) is 14.8. The average molecular weight is 378 g/mol. The molecule has 3 aromatic heterocycles. The molecule has 3 rings (SSSR count). The minimum Gasteiger partial charge on any atom is -0.308 e. The number of anilines is 2. The van der Waals surface area contributed by atoms with E-state index in [1.165, 1.54) is 12.3 Å². The van der Waals surface area contributed by atoms with Gasteiger partial charge in [0.25, 0.3) is 0 Å². The van der Waals surface area contributed by atoms with E-state index in [0.29, 0.717) is 11.3 Å². The Morgan fingerprint density at radius 2 is 2.00 bits per heavy atom. The summed E-state index contributed by atoms with van der Waals surface area (Å²) < 4.78 is 39.8. The van der Waals surface area contributed by atoms with Crippen LogP contribution < -0.4 is 10.6 Å². The molecule has 27 heavy (non-hydrogen) atoms. The third-order valence-corrected chi connectivity index (χ3v) is 3.78. The van der Waals surface area contributed by atoms with E-state index in [4.69, 9.17) is 0 Å². The zero-order chi connectivity index (χ0) is 19.8. The Hall–Kier alpha value is -3.17. The van der Waals surface area contributed by atoms with Crippen molar-refractivity contribution < 1.29 is 18.0 Å². The summed E-state index contributed by atoms with van der Waals surface area (Å²) in [5.41, 5.74) is 1.50. The van der Waals surface area contributed by atoms with Crippen LogP contribution in [0, 0.1) is 6.92 Å². The molecule has 0 aliphatic carbocycles. The molecule has 0 saturated heterocycles. The van der Waals surface area contributed by atoms with Gasteiger partial charge in [-0.2, -0.15) is 18.3 Å². The molecule has 10 heteroatoms. The number of hydrogen-bond donors (Lipinski definition) is 2. The third-order valence-electron chi connectivity index (χ3n) is 3.78. The van der Waals surface area contributed by atoms with Gasteiger partial charge in [-0.05, 0) is 25.0 Å². The zero-order valence-electron chi connectivity index (χ0n) is 14.8. The first-order valence-corrected chi connectivity index (χ1v) is 8.11. The molecule has 0 atom stereocenters. The predicted octanol–water partition coefficient (Wildman–Crippen LogP) is 4.22. The Kier molecular flexibility index (Phi) is 4.73. The number of pyridine rings is 1. The van der Waals surface area contributed by atoms with E-state index < -0.39 is 17.9 Å². The molecule has 0 aliphatic rings. The molecule has 2 amide bonds. The van der Waals surface area contributed by atoms with Crippen LogP contribution in [-0.4, -0.2) is 25.6 Å². The summed E-state index contributed by atoms with van der Waals surface area (Å²) in [5.74, 6) is 0.0327. The Balaban J connectivity index is 1.85. The van der Waals surface area contributed by atoms with Gasteiger partial charge in [0.15, 0.2) is 5.65 Å². The fraction of sp³-hybridized carbons (Fsp3) is 0.294. The van der Waals surface area contributed by atoms with Crippen LogP contribution in [0.15, 0.2) is 30.7 Å². The average Bonchev–Trinajstić information content (AvgIpc) is 2.93. The maximum absolute atomic E-state index is 12.7. The van der Waals surface area contributed by atoms with E-state index in [9.17, 15) is 18.0 Å². The van der Waals surface area contributed by atoms with Crippen molar-refractivity contribution in [1.29, 1.82) is 0 Å². The number of aromatic nitrogens is 4. The minimum atomic E-state index is -4.59. The molecular weight excluding hydrogens is 361 g/mol. The van der Waals surface area contributed by atoms with Gasteiger partial charge >= 0.3 is 12.2 Å². The Labute approximate surface area is 152 Å². The van der Waals surface area contributed by atoms with Crippen LogP contribution in [0.3, 0.4) is 0 Å². The lowest BCUT2D eigenvalue weighted by molar-refractivity contribution is -0.141. The van der Waals surface area contributed by atoms with Crippen LogP contribution in [0.1, 0.15) is 36.7 Å².